The summed E-state index contributed by atoms with van der Waals surface area (Å²) in [5.74, 6) is -7.37. The van der Waals surface area contributed by atoms with Crippen LogP contribution in [0.3, 0.4) is 0 Å². The van der Waals surface area contributed by atoms with Crippen molar-refractivity contribution in [3.8, 4) is 0 Å². The van der Waals surface area contributed by atoms with E-state index in [4.69, 9.17) is 78.7 Å². The van der Waals surface area contributed by atoms with Crippen LogP contribution in [0.4, 0.5) is 39.8 Å². The Labute approximate surface area is 703 Å². The third kappa shape index (κ3) is 23.4. The molecule has 0 bridgehead atoms. The fourth-order valence-electron chi connectivity index (χ4n) is 13.5. The van der Waals surface area contributed by atoms with Gasteiger partial charge in [0.15, 0.2) is 17.1 Å². The number of primary amides is 3. The maximum Gasteiger partial charge on any atom is 0.407 e. The second-order valence-corrected chi connectivity index (χ2v) is 32.2. The van der Waals surface area contributed by atoms with Gasteiger partial charge in [0.1, 0.15) is 48.3 Å². The van der Waals surface area contributed by atoms with E-state index in [0.29, 0.717) is 71.7 Å². The summed E-state index contributed by atoms with van der Waals surface area (Å²) in [6.07, 6.45) is 1.30. The summed E-state index contributed by atoms with van der Waals surface area (Å²) in [5, 5.41) is 37.9. The standard InChI is InChI=1S/C28H31ClFN7O7.C28H33ClFN7O5.C23H25ClFN7O3/c1-28(2,3)44-27(41)33-16-9-18(10-16)35(13-22(38)32-12-15-5-4-6-20(29)24(15)30)23(39)14-36-21-8-7-17(37(42)43)11-19(21)25(34-36)26(31)40;1-28(2,3)42-27(41)34-17-10-18(11-17)36(13-22(38)33-12-15-5-4-6-20(29)24(15)30)23(39)14-37-21-8-7-16(31)9-19(21)25(35-37)26(32)40;24-17-3-1-2-12(21(17)25)9-29-19(33)10-31(15-6-14(27)7-15)20(34)11-32-18-5-4-13(26)8-16(18)22(30-32)23(28)35/h4-8,11,16,18H,9-10,12-14H2,1-3H3,(H2,31,40)(H,32,38)(H,33,41);4-9,17-18H,10-14,31H2,1-3H3,(H2,32,40)(H,33,38)(H,34,41);1-5,8,14-15H,6-7,9-11,26-27H2,(H2,28,35)(H,29,33). The molecule has 36 nitrogen and oxygen atoms in total. The van der Waals surface area contributed by atoms with Gasteiger partial charge in [0.2, 0.25) is 35.4 Å². The van der Waals surface area contributed by atoms with Gasteiger partial charge in [-0.15, -0.1) is 0 Å². The van der Waals surface area contributed by atoms with Crippen molar-refractivity contribution in [2.45, 2.75) is 167 Å². The lowest BCUT2D eigenvalue weighted by Gasteiger charge is -2.43. The van der Waals surface area contributed by atoms with Gasteiger partial charge in [-0.05, 0) is 141 Å². The zero-order chi connectivity index (χ0) is 88.4. The van der Waals surface area contributed by atoms with E-state index >= 15 is 0 Å². The smallest absolute Gasteiger partial charge is 0.407 e. The maximum atomic E-state index is 14.3. The van der Waals surface area contributed by atoms with E-state index in [1.165, 1.54) is 83.3 Å². The van der Waals surface area contributed by atoms with Gasteiger partial charge in [-0.2, -0.15) is 15.3 Å². The highest BCUT2D eigenvalue weighted by atomic mass is 35.5. The minimum atomic E-state index is -0.943. The molecule has 0 spiro atoms. The predicted octanol–water partition coefficient (Wildman–Crippen LogP) is 6.89. The van der Waals surface area contributed by atoms with Crippen molar-refractivity contribution in [2.24, 2.45) is 22.9 Å². The van der Waals surface area contributed by atoms with Crippen LogP contribution in [0.15, 0.2) is 109 Å². The van der Waals surface area contributed by atoms with Crippen molar-refractivity contribution in [3.63, 3.8) is 0 Å². The number of nitrogens with zero attached hydrogens (tertiary/aromatic N) is 10. The molecule has 0 atom stereocenters. The van der Waals surface area contributed by atoms with Gasteiger partial charge >= 0.3 is 12.2 Å². The van der Waals surface area contributed by atoms with Crippen LogP contribution in [0.5, 0.6) is 0 Å². The monoisotopic (exact) mass is 1730 g/mol. The number of rotatable bonds is 27. The van der Waals surface area contributed by atoms with Gasteiger partial charge in [0, 0.05) is 112 Å². The highest BCUT2D eigenvalue weighted by Gasteiger charge is 2.42. The van der Waals surface area contributed by atoms with Crippen molar-refractivity contribution in [1.29, 1.82) is 0 Å². The Morgan fingerprint density at radius 3 is 1.07 bits per heavy atom. The number of aromatic nitrogens is 6. The minimum Gasteiger partial charge on any atom is -0.444 e. The normalized spacial score (nSPS) is 16.5. The number of nitro groups is 1. The van der Waals surface area contributed by atoms with Crippen LogP contribution in [0.25, 0.3) is 32.7 Å². The molecule has 9 aromatic rings. The number of nitro benzene ring substituents is 1. The van der Waals surface area contributed by atoms with E-state index in [0.717, 1.165) is 6.07 Å². The number of hydrogen-bond acceptors (Lipinski definition) is 21. The number of carbonyl (C=O) groups is 11. The number of benzene rings is 6. The Kier molecular flexibility index (Phi) is 28.7. The number of fused-ring (bicyclic) bond motifs is 3. The summed E-state index contributed by atoms with van der Waals surface area (Å²) >= 11 is 17.4. The summed E-state index contributed by atoms with van der Waals surface area (Å²) in [4.78, 5) is 154. The first-order valence-electron chi connectivity index (χ1n) is 37.8. The molecule has 0 saturated heterocycles. The van der Waals surface area contributed by atoms with Crippen molar-refractivity contribution < 1.29 is 80.3 Å². The van der Waals surface area contributed by atoms with Gasteiger partial charge in [-0.1, -0.05) is 71.2 Å². The highest BCUT2D eigenvalue weighted by molar-refractivity contribution is 6.31. The van der Waals surface area contributed by atoms with E-state index in [-0.39, 0.29) is 147 Å². The SMILES string of the molecule is CC(C)(C)OC(=O)NC1CC(N(CC(=O)NCc2cccc(Cl)c2F)C(=O)Cn2nc(C(N)=O)c3cc(N)ccc32)C1.CC(C)(C)OC(=O)NC1CC(N(CC(=O)NCc2cccc(Cl)c2F)C(=O)Cn2nc(C(N)=O)c3cc([N+](=O)[O-])ccc32)C1.NC(=O)c1nn(CC(=O)N(CC(=O)NCc2cccc(Cl)c2F)C2CC(N)C2)c2ccc(N)cc12. The Morgan fingerprint density at radius 2 is 0.777 bits per heavy atom. The molecule has 121 heavy (non-hydrogen) atoms. The molecular weight excluding hydrogens is 1650 g/mol. The van der Waals surface area contributed by atoms with E-state index in [1.54, 1.807) is 90.1 Å². The molecule has 0 radical (unpaired) electrons. The molecule has 642 valence electrons. The predicted molar refractivity (Wildman–Crippen MR) is 438 cm³/mol. The lowest BCUT2D eigenvalue weighted by atomic mass is 9.85. The van der Waals surface area contributed by atoms with E-state index in [9.17, 15) is 76.0 Å². The Morgan fingerprint density at radius 1 is 0.479 bits per heavy atom. The molecule has 6 aromatic carbocycles. The van der Waals surface area contributed by atoms with Gasteiger partial charge in [0.05, 0.1) is 56.2 Å². The van der Waals surface area contributed by atoms with Gasteiger partial charge in [0.25, 0.3) is 23.4 Å². The second kappa shape index (κ2) is 38.5. The minimum absolute atomic E-state index is 0.00129. The van der Waals surface area contributed by atoms with E-state index in [1.807, 2.05) is 0 Å². The first-order valence-corrected chi connectivity index (χ1v) is 38.9. The average molecular weight is 1740 g/mol. The summed E-state index contributed by atoms with van der Waals surface area (Å²) < 4.78 is 57.2. The fourth-order valence-corrected chi connectivity index (χ4v) is 14.1. The molecule has 0 aliphatic heterocycles. The van der Waals surface area contributed by atoms with E-state index < -0.39 is 112 Å². The molecule has 3 fully saturated rings. The molecule has 42 heteroatoms. The second-order valence-electron chi connectivity index (χ2n) is 31.0. The number of halogens is 6. The van der Waals surface area contributed by atoms with Crippen LogP contribution >= 0.6 is 34.8 Å². The number of carbonyl (C=O) groups excluding carboxylic acids is 11. The van der Waals surface area contributed by atoms with E-state index in [2.05, 4.69) is 41.9 Å². The third-order valence-electron chi connectivity index (χ3n) is 19.6. The van der Waals surface area contributed by atoms with Crippen LogP contribution < -0.4 is 61.0 Å². The molecule has 3 heterocycles. The number of ether oxygens (including phenoxy) is 2. The van der Waals surface area contributed by atoms with Gasteiger partial charge in [-0.25, -0.2) is 22.8 Å². The number of amides is 11. The quantitative estimate of drug-likeness (QED) is 0.0142. The molecule has 17 N–H and O–H groups in total. The van der Waals surface area contributed by atoms with Crippen LogP contribution in [-0.2, 0) is 77.5 Å². The summed E-state index contributed by atoms with van der Waals surface area (Å²) in [6, 6.07) is 24.9. The summed E-state index contributed by atoms with van der Waals surface area (Å²) in [6.45, 7) is 8.11. The Balaban J connectivity index is 0.000000192. The summed E-state index contributed by atoms with van der Waals surface area (Å²) in [7, 11) is 0. The number of non-ortho nitro benzene ring substituents is 1. The largest absolute Gasteiger partial charge is 0.444 e. The first kappa shape index (κ1) is 90.4. The zero-order valence-corrected chi connectivity index (χ0v) is 68.6. The van der Waals surface area contributed by atoms with Crippen molar-refractivity contribution in [3.05, 3.63) is 186 Å². The number of nitrogens with one attached hydrogen (secondary N) is 5. The van der Waals surface area contributed by atoms with Crippen LogP contribution in [0.2, 0.25) is 15.1 Å². The molecular formula is C79H89Cl3F3N21O15. The van der Waals surface area contributed by atoms with Crippen LogP contribution in [0.1, 0.15) is 128 Å². The molecule has 3 aromatic heterocycles. The molecule has 3 aliphatic carbocycles. The Hall–Kier alpha value is -12.9. The molecule has 3 saturated carbocycles. The van der Waals surface area contributed by atoms with Crippen molar-refractivity contribution in [2.75, 3.05) is 31.1 Å². The number of nitrogens with two attached hydrogens (primary N) is 6. The van der Waals surface area contributed by atoms with Crippen LogP contribution in [0, 0.1) is 27.6 Å². The highest BCUT2D eigenvalue weighted by Crippen LogP contribution is 2.33. The van der Waals surface area contributed by atoms with Gasteiger partial charge < -0.3 is 85.2 Å². The average Bonchev–Trinajstić information content (AvgIpc) is 1.70. The number of anilines is 2. The lowest BCUT2D eigenvalue weighted by molar-refractivity contribution is -0.384. The third-order valence-corrected chi connectivity index (χ3v) is 20.5. The fraction of sp³-hybridized carbons (Fsp3) is 0.367. The maximum absolute atomic E-state index is 14.3. The number of nitrogen functional groups attached to an aromatic ring is 2. The van der Waals surface area contributed by atoms with Gasteiger partial charge in [-0.3, -0.25) is 67.3 Å². The number of hydrogen-bond donors (Lipinski definition) is 11. The Bertz CT molecular complexity index is 5520. The summed E-state index contributed by atoms with van der Waals surface area (Å²) in [5.41, 5.74) is 34.6. The first-order chi connectivity index (χ1) is 57.0. The number of alkyl carbamates (subject to hydrolysis) is 2. The molecule has 3 aliphatic rings. The molecule has 12 rings (SSSR count). The van der Waals surface area contributed by atoms with Crippen molar-refractivity contribution >= 4 is 150 Å². The zero-order valence-electron chi connectivity index (χ0n) is 66.3. The van der Waals surface area contributed by atoms with Crippen LogP contribution in [-0.4, -0.2) is 181 Å². The lowest BCUT2D eigenvalue weighted by Crippen LogP contribution is -2.58. The van der Waals surface area contributed by atoms with Crippen molar-refractivity contribution in [1.82, 2.24) is 70.6 Å². The molecule has 0 unspecified atom stereocenters. The molecule has 11 amide bonds. The topological polar surface area (TPSA) is 529 Å².